The maximum absolute atomic E-state index is 11.6. The lowest BCUT2D eigenvalue weighted by Crippen LogP contribution is -2.16. The van der Waals surface area contributed by atoms with E-state index in [0.29, 0.717) is 23.2 Å². The monoisotopic (exact) mass is 487 g/mol. The van der Waals surface area contributed by atoms with Crippen molar-refractivity contribution in [1.29, 1.82) is 0 Å². The van der Waals surface area contributed by atoms with Crippen molar-refractivity contribution in [2.75, 3.05) is 0 Å². The third kappa shape index (κ3) is 5.88. The number of rotatable bonds is 10. The smallest absolute Gasteiger partial charge is 0.224 e. The molecule has 1 N–H and O–H groups in total. The van der Waals surface area contributed by atoms with E-state index in [4.69, 9.17) is 21.1 Å². The number of hydrogen-bond donors (Lipinski definition) is 1. The van der Waals surface area contributed by atoms with Gasteiger partial charge in [0.15, 0.2) is 0 Å². The molecule has 35 heavy (non-hydrogen) atoms. The first-order valence-corrected chi connectivity index (χ1v) is 11.7. The molecule has 0 aliphatic carbocycles. The molecule has 0 bridgehead atoms. The van der Waals surface area contributed by atoms with Crippen molar-refractivity contribution in [2.45, 2.75) is 26.2 Å². The highest BCUT2D eigenvalue weighted by Gasteiger charge is 2.30. The first-order valence-electron chi connectivity index (χ1n) is 11.3. The van der Waals surface area contributed by atoms with Crippen molar-refractivity contribution in [3.8, 4) is 22.8 Å². The molecule has 0 unspecified atom stereocenters. The number of aromatic nitrogens is 1. The van der Waals surface area contributed by atoms with Gasteiger partial charge in [0.25, 0.3) is 0 Å². The zero-order chi connectivity index (χ0) is 24.6. The van der Waals surface area contributed by atoms with Gasteiger partial charge in [0, 0.05) is 5.92 Å². The highest BCUT2D eigenvalue weighted by Crippen LogP contribution is 2.46. The molecule has 6 heteroatoms. The summed E-state index contributed by atoms with van der Waals surface area (Å²) in [7, 11) is 0. The summed E-state index contributed by atoms with van der Waals surface area (Å²) in [5.41, 5.74) is 3.46. The molecule has 178 valence electrons. The second-order valence-electron chi connectivity index (χ2n) is 8.18. The number of aliphatic hydroxyl groups excluding tert-OH is 1. The summed E-state index contributed by atoms with van der Waals surface area (Å²) >= 11 is 6.70. The van der Waals surface area contributed by atoms with Crippen molar-refractivity contribution < 1.29 is 19.4 Å². The fourth-order valence-corrected chi connectivity index (χ4v) is 3.97. The SMILES string of the molecule is C[C@H](C=O)[C@@H](O)c1c(OCc2ccccc2)nc(Cl)c(-c2ccccc2)c1OCc1ccccc1. The largest absolute Gasteiger partial charge is 0.488 e. The highest BCUT2D eigenvalue weighted by molar-refractivity contribution is 6.32. The van der Waals surface area contributed by atoms with Gasteiger partial charge in [-0.15, -0.1) is 0 Å². The molecular formula is C29H26ClNO4. The van der Waals surface area contributed by atoms with Crippen molar-refractivity contribution in [1.82, 2.24) is 4.98 Å². The second kappa shape index (κ2) is 11.6. The van der Waals surface area contributed by atoms with Gasteiger partial charge in [0.05, 0.1) is 17.2 Å². The lowest BCUT2D eigenvalue weighted by atomic mass is 9.95. The van der Waals surface area contributed by atoms with Gasteiger partial charge in [0.1, 0.15) is 30.4 Å². The Morgan fingerprint density at radius 2 is 1.37 bits per heavy atom. The number of aliphatic hydroxyl groups is 1. The van der Waals surface area contributed by atoms with E-state index < -0.39 is 12.0 Å². The first kappa shape index (κ1) is 24.5. The van der Waals surface area contributed by atoms with Gasteiger partial charge in [0.2, 0.25) is 5.88 Å². The molecule has 2 atom stereocenters. The van der Waals surface area contributed by atoms with Gasteiger partial charge in [-0.05, 0) is 16.7 Å². The number of hydrogen-bond acceptors (Lipinski definition) is 5. The summed E-state index contributed by atoms with van der Waals surface area (Å²) < 4.78 is 12.4. The number of aldehydes is 1. The maximum Gasteiger partial charge on any atom is 0.224 e. The van der Waals surface area contributed by atoms with Gasteiger partial charge in [-0.2, -0.15) is 0 Å². The van der Waals surface area contributed by atoms with Gasteiger partial charge >= 0.3 is 0 Å². The normalized spacial score (nSPS) is 12.5. The molecule has 0 radical (unpaired) electrons. The second-order valence-corrected chi connectivity index (χ2v) is 8.54. The van der Waals surface area contributed by atoms with E-state index in [0.717, 1.165) is 16.7 Å². The third-order valence-electron chi connectivity index (χ3n) is 5.62. The van der Waals surface area contributed by atoms with E-state index in [9.17, 15) is 9.90 Å². The first-order chi connectivity index (χ1) is 17.1. The fraction of sp³-hybridized carbons (Fsp3) is 0.172. The number of carbonyl (C=O) groups excluding carboxylic acids is 1. The maximum atomic E-state index is 11.6. The molecule has 1 aromatic heterocycles. The van der Waals surface area contributed by atoms with Crippen molar-refractivity contribution in [3.05, 3.63) is 113 Å². The average Bonchev–Trinajstić information content (AvgIpc) is 2.91. The van der Waals surface area contributed by atoms with Gasteiger partial charge in [-0.3, -0.25) is 0 Å². The molecule has 3 aromatic carbocycles. The Bertz CT molecular complexity index is 1250. The molecule has 0 spiro atoms. The lowest BCUT2D eigenvalue weighted by molar-refractivity contribution is -0.113. The molecule has 1 heterocycles. The number of pyridine rings is 1. The van der Waals surface area contributed by atoms with E-state index in [-0.39, 0.29) is 24.2 Å². The van der Waals surface area contributed by atoms with Crippen molar-refractivity contribution >= 4 is 17.9 Å². The zero-order valence-electron chi connectivity index (χ0n) is 19.3. The number of benzene rings is 3. The number of carbonyl (C=O) groups is 1. The van der Waals surface area contributed by atoms with Crippen molar-refractivity contribution in [3.63, 3.8) is 0 Å². The Hall–Kier alpha value is -3.67. The zero-order valence-corrected chi connectivity index (χ0v) is 20.1. The lowest BCUT2D eigenvalue weighted by Gasteiger charge is -2.24. The molecule has 5 nitrogen and oxygen atoms in total. The van der Waals surface area contributed by atoms with Crippen LogP contribution in [0.3, 0.4) is 0 Å². The summed E-state index contributed by atoms with van der Waals surface area (Å²) in [6.07, 6.45) is -0.514. The third-order valence-corrected chi connectivity index (χ3v) is 5.90. The minimum absolute atomic E-state index is 0.128. The Kier molecular flexibility index (Phi) is 8.14. The number of halogens is 1. The van der Waals surface area contributed by atoms with Gasteiger partial charge in [-0.25, -0.2) is 4.98 Å². The molecule has 0 aliphatic heterocycles. The van der Waals surface area contributed by atoms with Gasteiger partial charge < -0.3 is 19.4 Å². The topological polar surface area (TPSA) is 68.7 Å². The molecule has 0 saturated heterocycles. The van der Waals surface area contributed by atoms with Crippen LogP contribution in [-0.4, -0.2) is 16.4 Å². The van der Waals surface area contributed by atoms with Crippen molar-refractivity contribution in [2.24, 2.45) is 5.92 Å². The highest BCUT2D eigenvalue weighted by atomic mass is 35.5. The molecule has 0 amide bonds. The minimum atomic E-state index is -1.21. The van der Waals surface area contributed by atoms with E-state index in [1.807, 2.05) is 91.0 Å². The Morgan fingerprint density at radius 1 is 0.857 bits per heavy atom. The standard InChI is InChI=1S/C29H26ClNO4/c1-20(17-32)26(33)25-27(34-18-21-11-5-2-6-12-21)24(23-15-9-4-10-16-23)28(30)31-29(25)35-19-22-13-7-3-8-14-22/h2-17,20,26,33H,18-19H2,1H3/t20-,26-/m1/s1. The van der Waals surface area contributed by atoms with Crippen LogP contribution in [-0.2, 0) is 18.0 Å². The Labute approximate surface area is 209 Å². The number of ether oxygens (including phenoxy) is 2. The van der Waals surface area contributed by atoms with Crippen LogP contribution in [0.25, 0.3) is 11.1 Å². The summed E-state index contributed by atoms with van der Waals surface area (Å²) in [6.45, 7) is 2.08. The Balaban J connectivity index is 1.85. The summed E-state index contributed by atoms with van der Waals surface area (Å²) in [5, 5.41) is 11.4. The average molecular weight is 488 g/mol. The van der Waals surface area contributed by atoms with Crippen LogP contribution < -0.4 is 9.47 Å². The van der Waals surface area contributed by atoms with Gasteiger partial charge in [-0.1, -0.05) is 110 Å². The van der Waals surface area contributed by atoms with Crippen LogP contribution in [0.5, 0.6) is 11.6 Å². The molecule has 0 aliphatic rings. The minimum Gasteiger partial charge on any atom is -0.488 e. The summed E-state index contributed by atoms with van der Waals surface area (Å²) in [5.74, 6) is -0.258. The molecule has 0 saturated carbocycles. The quantitative estimate of drug-likeness (QED) is 0.206. The molecular weight excluding hydrogens is 462 g/mol. The van der Waals surface area contributed by atoms with E-state index in [1.165, 1.54) is 0 Å². The van der Waals surface area contributed by atoms with Crippen LogP contribution in [0.15, 0.2) is 91.0 Å². The molecule has 4 aromatic rings. The van der Waals surface area contributed by atoms with E-state index in [2.05, 4.69) is 4.98 Å². The molecule has 4 rings (SSSR count). The van der Waals surface area contributed by atoms with Crippen LogP contribution in [0.1, 0.15) is 29.7 Å². The summed E-state index contributed by atoms with van der Waals surface area (Å²) in [4.78, 5) is 16.1. The van der Waals surface area contributed by atoms with Crippen LogP contribution in [0, 0.1) is 5.92 Å². The summed E-state index contributed by atoms with van der Waals surface area (Å²) in [6, 6.07) is 28.7. The Morgan fingerprint density at radius 3 is 1.91 bits per heavy atom. The predicted octanol–water partition coefficient (Wildman–Crippen LogP) is 6.43. The fourth-order valence-electron chi connectivity index (χ4n) is 3.70. The van der Waals surface area contributed by atoms with E-state index >= 15 is 0 Å². The van der Waals surface area contributed by atoms with Crippen LogP contribution in [0.4, 0.5) is 0 Å². The van der Waals surface area contributed by atoms with Crippen LogP contribution in [0.2, 0.25) is 5.15 Å². The molecule has 0 fully saturated rings. The van der Waals surface area contributed by atoms with E-state index in [1.54, 1.807) is 6.92 Å². The van der Waals surface area contributed by atoms with Crippen LogP contribution >= 0.6 is 11.6 Å². The number of nitrogens with zero attached hydrogens (tertiary/aromatic N) is 1. The predicted molar refractivity (Wildman–Crippen MR) is 136 cm³/mol.